The molecule has 0 aliphatic carbocycles. The summed E-state index contributed by atoms with van der Waals surface area (Å²) in [5, 5.41) is 5.25. The fourth-order valence-corrected chi connectivity index (χ4v) is 14.6. The van der Waals surface area contributed by atoms with Crippen LogP contribution in [0.15, 0.2) is 164 Å². The Morgan fingerprint density at radius 2 is 0.926 bits per heavy atom. The zero-order chi connectivity index (χ0) is 56.8. The molecule has 5 heterocycles. The molecule has 9 aromatic carbocycles. The molecule has 0 saturated heterocycles. The summed E-state index contributed by atoms with van der Waals surface area (Å²) in [5.74, 6) is 0. The maximum Gasteiger partial charge on any atom is 0.252 e. The van der Waals surface area contributed by atoms with E-state index in [1.165, 1.54) is 126 Å². The van der Waals surface area contributed by atoms with Crippen molar-refractivity contribution >= 4 is 128 Å². The van der Waals surface area contributed by atoms with E-state index in [1.54, 1.807) is 0 Å². The molecule has 0 fully saturated rings. The first-order valence-corrected chi connectivity index (χ1v) is 30.2. The SMILES string of the molecule is Cc1cc2c3c(c1)N1c4c(cc(C(C)(C)C)cc4-n4c5ccc(C(C)(C)C)cc5c5cc(C(C)(C)C)cc1c54)B3c1ccc(N(c3ccc(C(C)(C)C)cc3)c3ccc(C(C)(C)C)cc3)cc1N2c1ccc2c(c1)sc1ccccc12. The van der Waals surface area contributed by atoms with Crippen LogP contribution in [0.2, 0.25) is 0 Å². The van der Waals surface area contributed by atoms with Crippen molar-refractivity contribution in [3.8, 4) is 5.69 Å². The molecule has 0 unspecified atom stereocenters. The highest BCUT2D eigenvalue weighted by molar-refractivity contribution is 7.25. The summed E-state index contributed by atoms with van der Waals surface area (Å²) in [6.45, 7) is 37.4. The molecule has 14 rings (SSSR count). The van der Waals surface area contributed by atoms with E-state index >= 15 is 0 Å². The van der Waals surface area contributed by atoms with Crippen LogP contribution < -0.4 is 31.1 Å². The van der Waals surface area contributed by atoms with Crippen LogP contribution in [0.3, 0.4) is 0 Å². The third-order valence-corrected chi connectivity index (χ3v) is 19.2. The Morgan fingerprint density at radius 3 is 1.56 bits per heavy atom. The largest absolute Gasteiger partial charge is 0.311 e. The summed E-state index contributed by atoms with van der Waals surface area (Å²) in [6, 6.07) is 64.6. The number of aryl methyl sites for hydroxylation is 1. The number of benzene rings is 9. The molecule has 4 nitrogen and oxygen atoms in total. The van der Waals surface area contributed by atoms with Crippen molar-refractivity contribution in [2.45, 2.75) is 138 Å². The van der Waals surface area contributed by atoms with Gasteiger partial charge in [-0.3, -0.25) is 0 Å². The second-order valence-corrected chi connectivity index (χ2v) is 30.0. The molecule has 6 heteroatoms. The lowest BCUT2D eigenvalue weighted by Gasteiger charge is -2.47. The van der Waals surface area contributed by atoms with E-state index in [4.69, 9.17) is 0 Å². The van der Waals surface area contributed by atoms with Gasteiger partial charge < -0.3 is 19.3 Å². The zero-order valence-electron chi connectivity index (χ0n) is 50.4. The molecule has 0 amide bonds. The van der Waals surface area contributed by atoms with E-state index in [-0.39, 0.29) is 33.8 Å². The average molecular weight is 1080 g/mol. The molecule has 0 saturated carbocycles. The summed E-state index contributed by atoms with van der Waals surface area (Å²) >= 11 is 1.89. The van der Waals surface area contributed by atoms with E-state index in [9.17, 15) is 0 Å². The van der Waals surface area contributed by atoms with Crippen LogP contribution in [-0.2, 0) is 27.1 Å². The molecule has 3 aliphatic rings. The Balaban J connectivity index is 1.09. The summed E-state index contributed by atoms with van der Waals surface area (Å²) in [7, 11) is 0. The molecule has 81 heavy (non-hydrogen) atoms. The lowest BCUT2D eigenvalue weighted by molar-refractivity contribution is 0.590. The number of hydrogen-bond acceptors (Lipinski definition) is 4. The Labute approximate surface area is 484 Å². The van der Waals surface area contributed by atoms with Gasteiger partial charge in [-0.05, 0) is 181 Å². The number of rotatable bonds is 4. The maximum absolute atomic E-state index is 2.71. The highest BCUT2D eigenvalue weighted by Crippen LogP contribution is 2.55. The van der Waals surface area contributed by atoms with E-state index in [0.29, 0.717) is 0 Å². The van der Waals surface area contributed by atoms with Gasteiger partial charge in [0.1, 0.15) is 0 Å². The molecule has 0 atom stereocenters. The third-order valence-electron chi connectivity index (χ3n) is 18.1. The Bertz CT molecular complexity index is 4380. The summed E-state index contributed by atoms with van der Waals surface area (Å²) in [5.41, 5.74) is 26.3. The summed E-state index contributed by atoms with van der Waals surface area (Å²) in [4.78, 5) is 7.81. The fraction of sp³-hybridized carbons (Fsp3) is 0.280. The standard InChI is InChI=1S/C75H75BN4S/c1-44-35-62-68-63(36-44)80-64-40-48(74(11,12)13)38-57-56-37-47(73(8,9)10)25-34-60(56)79(69(57)64)65-41-49(75(14,15)16)39-59(70(65)80)76(68)58-33-31-52(42-61(58)78(62)53-30-32-55-54-19-17-18-20-66(54)81-67(55)43-53)77(50-26-21-45(22-27-50)71(2,3)4)51-28-23-46(24-29-51)72(5,6)7/h17-43H,1-16H3. The maximum atomic E-state index is 2.71. The molecular weight excluding hydrogens is 1000 g/mol. The van der Waals surface area contributed by atoms with E-state index < -0.39 is 0 Å². The molecule has 3 aliphatic heterocycles. The third kappa shape index (κ3) is 7.97. The first kappa shape index (κ1) is 51.6. The predicted octanol–water partition coefficient (Wildman–Crippen LogP) is 19.8. The van der Waals surface area contributed by atoms with Gasteiger partial charge in [0.15, 0.2) is 0 Å². The smallest absolute Gasteiger partial charge is 0.252 e. The van der Waals surface area contributed by atoms with Gasteiger partial charge in [-0.2, -0.15) is 0 Å². The molecule has 0 radical (unpaired) electrons. The number of hydrogen-bond donors (Lipinski definition) is 0. The van der Waals surface area contributed by atoms with Crippen molar-refractivity contribution in [3.05, 3.63) is 197 Å². The first-order chi connectivity index (χ1) is 38.2. The number of nitrogens with zero attached hydrogens (tertiary/aromatic N) is 4. The summed E-state index contributed by atoms with van der Waals surface area (Å²) in [6.07, 6.45) is 0. The molecule has 0 spiro atoms. The summed E-state index contributed by atoms with van der Waals surface area (Å²) < 4.78 is 5.25. The van der Waals surface area contributed by atoms with E-state index in [1.807, 2.05) is 11.3 Å². The minimum absolute atomic E-state index is 0.00648. The van der Waals surface area contributed by atoms with Gasteiger partial charge in [-0.1, -0.05) is 171 Å². The van der Waals surface area contributed by atoms with Gasteiger partial charge in [0.05, 0.1) is 28.1 Å². The normalized spacial score (nSPS) is 14.1. The number of aromatic nitrogens is 1. The van der Waals surface area contributed by atoms with Crippen LogP contribution in [0.4, 0.5) is 51.2 Å². The quantitative estimate of drug-likeness (QED) is 0.163. The van der Waals surface area contributed by atoms with Crippen molar-refractivity contribution in [1.29, 1.82) is 0 Å². The minimum Gasteiger partial charge on any atom is -0.311 e. The van der Waals surface area contributed by atoms with Gasteiger partial charge in [0.2, 0.25) is 0 Å². The van der Waals surface area contributed by atoms with Crippen LogP contribution in [0, 0.1) is 6.92 Å². The van der Waals surface area contributed by atoms with Crippen LogP contribution in [0.25, 0.3) is 47.7 Å². The lowest BCUT2D eigenvalue weighted by atomic mass is 9.33. The number of anilines is 9. The monoisotopic (exact) mass is 1070 g/mol. The van der Waals surface area contributed by atoms with Gasteiger partial charge >= 0.3 is 0 Å². The number of fused-ring (bicyclic) bond motifs is 12. The molecule has 0 N–H and O–H groups in total. The predicted molar refractivity (Wildman–Crippen MR) is 354 cm³/mol. The van der Waals surface area contributed by atoms with E-state index in [0.717, 1.165) is 22.7 Å². The highest BCUT2D eigenvalue weighted by Gasteiger charge is 2.47. The fourth-order valence-electron chi connectivity index (χ4n) is 13.5. The second-order valence-electron chi connectivity index (χ2n) is 28.9. The second kappa shape index (κ2) is 17.3. The van der Waals surface area contributed by atoms with Crippen molar-refractivity contribution in [1.82, 2.24) is 4.57 Å². The molecule has 2 aromatic heterocycles. The van der Waals surface area contributed by atoms with Crippen molar-refractivity contribution in [2.24, 2.45) is 0 Å². The Morgan fingerprint density at radius 1 is 0.383 bits per heavy atom. The average Bonchev–Trinajstić information content (AvgIpc) is 2.59. The Kier molecular flexibility index (Phi) is 11.0. The number of thiophene rings is 1. The topological polar surface area (TPSA) is 14.7 Å². The Hall–Kier alpha value is -7.54. The van der Waals surface area contributed by atoms with E-state index in [2.05, 4.69) is 294 Å². The van der Waals surface area contributed by atoms with Gasteiger partial charge in [-0.15, -0.1) is 11.3 Å². The van der Waals surface area contributed by atoms with Gasteiger partial charge in [-0.25, -0.2) is 0 Å². The minimum atomic E-state index is -0.136. The molecule has 404 valence electrons. The zero-order valence-corrected chi connectivity index (χ0v) is 51.2. The first-order valence-electron chi connectivity index (χ1n) is 29.4. The van der Waals surface area contributed by atoms with Crippen LogP contribution >= 0.6 is 11.3 Å². The van der Waals surface area contributed by atoms with Crippen molar-refractivity contribution in [2.75, 3.05) is 14.7 Å². The lowest BCUT2D eigenvalue weighted by Crippen LogP contribution is -2.62. The van der Waals surface area contributed by atoms with Gasteiger partial charge in [0, 0.05) is 70.8 Å². The van der Waals surface area contributed by atoms with Gasteiger partial charge in [0.25, 0.3) is 6.71 Å². The highest BCUT2D eigenvalue weighted by atomic mass is 32.1. The van der Waals surface area contributed by atoms with Crippen molar-refractivity contribution in [3.63, 3.8) is 0 Å². The molecule has 11 aromatic rings. The van der Waals surface area contributed by atoms with Crippen LogP contribution in [0.5, 0.6) is 0 Å². The van der Waals surface area contributed by atoms with Crippen LogP contribution in [-0.4, -0.2) is 11.3 Å². The molecule has 0 bridgehead atoms. The molecular formula is C75H75BN4S. The van der Waals surface area contributed by atoms with Crippen LogP contribution in [0.1, 0.15) is 137 Å². The van der Waals surface area contributed by atoms with Crippen molar-refractivity contribution < 1.29 is 0 Å².